The van der Waals surface area contributed by atoms with Crippen LogP contribution in [0.4, 0.5) is 5.69 Å². The molecule has 2 N–H and O–H groups in total. The van der Waals surface area contributed by atoms with E-state index >= 15 is 0 Å². The number of ketones is 1. The van der Waals surface area contributed by atoms with Crippen molar-refractivity contribution in [2.45, 2.75) is 25.2 Å². The maximum atomic E-state index is 12.9. The number of benzene rings is 2. The van der Waals surface area contributed by atoms with Gasteiger partial charge in [-0.1, -0.05) is 11.6 Å². The smallest absolute Gasteiger partial charge is 0.235 e. The van der Waals surface area contributed by atoms with Crippen molar-refractivity contribution in [1.82, 2.24) is 4.98 Å². The number of hydrogen-bond acceptors (Lipinski definition) is 2. The third kappa shape index (κ3) is 2.72. The summed E-state index contributed by atoms with van der Waals surface area (Å²) in [7, 11) is 0. The van der Waals surface area contributed by atoms with Crippen LogP contribution in [0.25, 0.3) is 10.9 Å². The van der Waals surface area contributed by atoms with Gasteiger partial charge in [-0.3, -0.25) is 9.59 Å². The van der Waals surface area contributed by atoms with E-state index in [4.69, 9.17) is 11.6 Å². The lowest BCUT2D eigenvalue weighted by molar-refractivity contribution is -0.118. The number of aromatic nitrogens is 1. The number of carbonyl (C=O) groups is 2. The Kier molecular flexibility index (Phi) is 3.65. The summed E-state index contributed by atoms with van der Waals surface area (Å²) < 4.78 is 0. The van der Waals surface area contributed by atoms with Gasteiger partial charge in [0.15, 0.2) is 5.78 Å². The van der Waals surface area contributed by atoms with E-state index in [-0.39, 0.29) is 11.7 Å². The fraction of sp³-hybridized carbons (Fsp3) is 0.200. The molecule has 0 spiro atoms. The number of aromatic amines is 1. The number of halogens is 1. The van der Waals surface area contributed by atoms with Crippen molar-refractivity contribution < 1.29 is 9.59 Å². The topological polar surface area (TPSA) is 62.0 Å². The summed E-state index contributed by atoms with van der Waals surface area (Å²) in [6.07, 6.45) is 3.53. The molecule has 25 heavy (non-hydrogen) atoms. The first kappa shape index (κ1) is 15.9. The number of hydrogen-bond donors (Lipinski definition) is 2. The van der Waals surface area contributed by atoms with Crippen molar-refractivity contribution >= 4 is 39.9 Å². The predicted molar refractivity (Wildman–Crippen MR) is 99.3 cm³/mol. The highest BCUT2D eigenvalue weighted by molar-refractivity contribution is 6.31. The van der Waals surface area contributed by atoms with E-state index in [2.05, 4.69) is 10.3 Å². The average molecular weight is 353 g/mol. The summed E-state index contributed by atoms with van der Waals surface area (Å²) in [6, 6.07) is 12.6. The van der Waals surface area contributed by atoms with Crippen LogP contribution in [0.15, 0.2) is 48.7 Å². The quantitative estimate of drug-likeness (QED) is 0.669. The monoisotopic (exact) mass is 352 g/mol. The molecule has 0 atom stereocenters. The molecular weight excluding hydrogens is 336 g/mol. The first-order valence-corrected chi connectivity index (χ1v) is 8.57. The second kappa shape index (κ2) is 5.74. The first-order valence-electron chi connectivity index (χ1n) is 8.19. The average Bonchev–Trinajstić information content (AvgIpc) is 3.30. The van der Waals surface area contributed by atoms with Crippen molar-refractivity contribution in [2.24, 2.45) is 0 Å². The number of amides is 1. The minimum atomic E-state index is -0.512. The second-order valence-electron chi connectivity index (χ2n) is 6.56. The molecule has 4 rings (SSSR count). The number of Topliss-reactive ketones (excluding diaryl/α,β-unsaturated/α-hetero) is 1. The van der Waals surface area contributed by atoms with Gasteiger partial charge >= 0.3 is 0 Å². The summed E-state index contributed by atoms with van der Waals surface area (Å²) >= 11 is 6.13. The largest absolute Gasteiger partial charge is 0.361 e. The van der Waals surface area contributed by atoms with Gasteiger partial charge in [0.05, 0.1) is 5.41 Å². The molecule has 0 bridgehead atoms. The van der Waals surface area contributed by atoms with Crippen LogP contribution in [0.5, 0.6) is 0 Å². The lowest BCUT2D eigenvalue weighted by Gasteiger charge is -2.15. The number of H-pyrrole nitrogens is 1. The molecule has 4 nitrogen and oxygen atoms in total. The van der Waals surface area contributed by atoms with Crippen LogP contribution in [0.3, 0.4) is 0 Å². The van der Waals surface area contributed by atoms with Crippen LogP contribution in [0, 0.1) is 0 Å². The number of nitrogens with one attached hydrogen (secondary N) is 2. The molecule has 1 saturated carbocycles. The normalized spacial score (nSPS) is 15.1. The lowest BCUT2D eigenvalue weighted by Crippen LogP contribution is -2.27. The van der Waals surface area contributed by atoms with E-state index in [0.29, 0.717) is 16.3 Å². The van der Waals surface area contributed by atoms with E-state index in [1.807, 2.05) is 24.4 Å². The molecule has 0 radical (unpaired) electrons. The van der Waals surface area contributed by atoms with Crippen molar-refractivity contribution in [3.05, 3.63) is 64.8 Å². The van der Waals surface area contributed by atoms with E-state index < -0.39 is 5.41 Å². The highest BCUT2D eigenvalue weighted by Gasteiger charge is 2.52. The number of rotatable bonds is 4. The van der Waals surface area contributed by atoms with Gasteiger partial charge in [-0.15, -0.1) is 0 Å². The number of carbonyl (C=O) groups excluding carboxylic acids is 2. The zero-order valence-electron chi connectivity index (χ0n) is 13.7. The SMILES string of the molecule is CC(=O)c1ccc(NC(=O)C2(c3c[nH]c4ccc(Cl)cc34)CC2)cc1. The molecule has 3 aromatic rings. The Labute approximate surface area is 150 Å². The third-order valence-electron chi connectivity index (χ3n) is 4.89. The molecule has 0 unspecified atom stereocenters. The summed E-state index contributed by atoms with van der Waals surface area (Å²) in [5.74, 6) is -0.0174. The maximum Gasteiger partial charge on any atom is 0.235 e. The van der Waals surface area contributed by atoms with E-state index in [1.165, 1.54) is 6.92 Å². The predicted octanol–water partition coefficient (Wildman–Crippen LogP) is 4.69. The molecular formula is C20H17ClN2O2. The fourth-order valence-corrected chi connectivity index (χ4v) is 3.44. The number of fused-ring (bicyclic) bond motifs is 1. The van der Waals surface area contributed by atoms with Crippen LogP contribution in [-0.4, -0.2) is 16.7 Å². The zero-order chi connectivity index (χ0) is 17.6. The highest BCUT2D eigenvalue weighted by atomic mass is 35.5. The summed E-state index contributed by atoms with van der Waals surface area (Å²) in [6.45, 7) is 1.52. The van der Waals surface area contributed by atoms with E-state index in [0.717, 1.165) is 29.3 Å². The van der Waals surface area contributed by atoms with E-state index in [1.54, 1.807) is 24.3 Å². The summed E-state index contributed by atoms with van der Waals surface area (Å²) in [5.41, 5.74) is 2.78. The minimum absolute atomic E-state index is 0.00668. The molecule has 2 aromatic carbocycles. The number of anilines is 1. The second-order valence-corrected chi connectivity index (χ2v) is 7.00. The lowest BCUT2D eigenvalue weighted by atomic mass is 9.94. The Bertz CT molecular complexity index is 985. The van der Waals surface area contributed by atoms with Crippen LogP contribution in [-0.2, 0) is 10.2 Å². The third-order valence-corrected chi connectivity index (χ3v) is 5.13. The molecule has 126 valence electrons. The fourth-order valence-electron chi connectivity index (χ4n) is 3.27. The van der Waals surface area contributed by atoms with Crippen molar-refractivity contribution in [1.29, 1.82) is 0 Å². The summed E-state index contributed by atoms with van der Waals surface area (Å²) in [5, 5.41) is 4.63. The van der Waals surface area contributed by atoms with E-state index in [9.17, 15) is 9.59 Å². The molecule has 0 saturated heterocycles. The molecule has 1 heterocycles. The van der Waals surface area contributed by atoms with Gasteiger partial charge in [0.2, 0.25) is 5.91 Å². The van der Waals surface area contributed by atoms with Crippen LogP contribution >= 0.6 is 11.6 Å². The van der Waals surface area contributed by atoms with Crippen molar-refractivity contribution in [3.63, 3.8) is 0 Å². The van der Waals surface area contributed by atoms with Crippen molar-refractivity contribution in [3.8, 4) is 0 Å². The molecule has 1 aromatic heterocycles. The first-order chi connectivity index (χ1) is 12.0. The van der Waals surface area contributed by atoms with Gasteiger partial charge < -0.3 is 10.3 Å². The summed E-state index contributed by atoms with van der Waals surface area (Å²) in [4.78, 5) is 27.5. The van der Waals surface area contributed by atoms with Gasteiger partial charge in [-0.25, -0.2) is 0 Å². The Morgan fingerprint density at radius 2 is 1.84 bits per heavy atom. The Balaban J connectivity index is 1.62. The molecule has 5 heteroatoms. The van der Waals surface area contributed by atoms with Gasteiger partial charge in [0.25, 0.3) is 0 Å². The molecule has 1 fully saturated rings. The minimum Gasteiger partial charge on any atom is -0.361 e. The van der Waals surface area contributed by atoms with Gasteiger partial charge in [0.1, 0.15) is 0 Å². The molecule has 1 amide bonds. The van der Waals surface area contributed by atoms with Crippen LogP contribution in [0.2, 0.25) is 5.02 Å². The van der Waals surface area contributed by atoms with Gasteiger partial charge in [0, 0.05) is 33.4 Å². The highest BCUT2D eigenvalue weighted by Crippen LogP contribution is 2.51. The van der Waals surface area contributed by atoms with Gasteiger partial charge in [-0.05, 0) is 67.8 Å². The molecule has 0 aliphatic heterocycles. The van der Waals surface area contributed by atoms with Crippen molar-refractivity contribution in [2.75, 3.05) is 5.32 Å². The maximum absolute atomic E-state index is 12.9. The molecule has 1 aliphatic rings. The Morgan fingerprint density at radius 1 is 1.12 bits per heavy atom. The van der Waals surface area contributed by atoms with Crippen LogP contribution in [0.1, 0.15) is 35.7 Å². The Morgan fingerprint density at radius 3 is 2.48 bits per heavy atom. The Hall–Kier alpha value is -2.59. The zero-order valence-corrected chi connectivity index (χ0v) is 14.5. The van der Waals surface area contributed by atoms with Gasteiger partial charge in [-0.2, -0.15) is 0 Å². The standard InChI is InChI=1S/C20H17ClN2O2/c1-12(24)13-2-5-15(6-3-13)23-19(25)20(8-9-20)17-11-22-18-7-4-14(21)10-16(17)18/h2-7,10-11,22H,8-9H2,1H3,(H,23,25). The molecule has 1 aliphatic carbocycles. The van der Waals surface area contributed by atoms with Crippen LogP contribution < -0.4 is 5.32 Å².